The van der Waals surface area contributed by atoms with Gasteiger partial charge in [-0.05, 0) is 13.3 Å². The number of rotatable bonds is 6. The molecular weight excluding hydrogens is 248 g/mol. The Hall–Kier alpha value is -0.350. The molecule has 0 saturated carbocycles. The zero-order valence-electron chi connectivity index (χ0n) is 8.57. The number of aliphatic hydroxyl groups excluding tert-OH is 1. The fraction of sp³-hybridized carbons (Fsp3) is 0.700. The molecule has 4 heteroatoms. The molecule has 0 spiro atoms. The van der Waals surface area contributed by atoms with Gasteiger partial charge in [0.05, 0.1) is 17.5 Å². The minimum atomic E-state index is -0.453. The van der Waals surface area contributed by atoms with Crippen LogP contribution in [0.1, 0.15) is 26.7 Å². The number of ether oxygens (including phenoxy) is 1. The lowest BCUT2D eigenvalue weighted by molar-refractivity contribution is -0.137. The van der Waals surface area contributed by atoms with Crippen molar-refractivity contribution in [2.24, 2.45) is 0 Å². The third kappa shape index (κ3) is 6.16. The van der Waals surface area contributed by atoms with Gasteiger partial charge in [0.25, 0.3) is 0 Å². The van der Waals surface area contributed by atoms with E-state index in [1.165, 1.54) is 6.08 Å². The summed E-state index contributed by atoms with van der Waals surface area (Å²) in [6.07, 6.45) is 4.12. The van der Waals surface area contributed by atoms with Gasteiger partial charge < -0.3 is 9.84 Å². The molecule has 0 aliphatic carbocycles. The second kappa shape index (κ2) is 8.00. The number of halogens is 1. The fourth-order valence-electron chi connectivity index (χ4n) is 0.944. The molecule has 1 N–H and O–H groups in total. The Labute approximate surface area is 93.3 Å². The quantitative estimate of drug-likeness (QED) is 0.454. The van der Waals surface area contributed by atoms with Crippen LogP contribution in [-0.4, -0.2) is 28.6 Å². The Kier molecular flexibility index (Phi) is 7.80. The van der Waals surface area contributed by atoms with Crippen molar-refractivity contribution in [3.05, 3.63) is 12.2 Å². The van der Waals surface area contributed by atoms with Crippen molar-refractivity contribution in [2.75, 3.05) is 6.61 Å². The van der Waals surface area contributed by atoms with Crippen LogP contribution in [0.15, 0.2) is 12.2 Å². The molecule has 14 heavy (non-hydrogen) atoms. The van der Waals surface area contributed by atoms with Crippen LogP contribution in [0.4, 0.5) is 0 Å². The van der Waals surface area contributed by atoms with Crippen LogP contribution in [0.3, 0.4) is 0 Å². The molecule has 82 valence electrons. The molecule has 0 bridgehead atoms. The van der Waals surface area contributed by atoms with E-state index in [4.69, 9.17) is 4.74 Å². The van der Waals surface area contributed by atoms with Gasteiger partial charge in [-0.1, -0.05) is 35.4 Å². The molecule has 0 unspecified atom stereocenters. The Morgan fingerprint density at radius 3 is 2.71 bits per heavy atom. The van der Waals surface area contributed by atoms with Gasteiger partial charge >= 0.3 is 5.97 Å². The second-order valence-corrected chi connectivity index (χ2v) is 3.97. The van der Waals surface area contributed by atoms with Crippen molar-refractivity contribution in [1.82, 2.24) is 0 Å². The average Bonchev–Trinajstić information content (AvgIpc) is 2.15. The van der Waals surface area contributed by atoms with Crippen LogP contribution in [0, 0.1) is 0 Å². The number of aliphatic hydroxyl groups is 1. The Morgan fingerprint density at radius 2 is 2.21 bits per heavy atom. The van der Waals surface area contributed by atoms with Crippen molar-refractivity contribution in [1.29, 1.82) is 0 Å². The number of hydrogen-bond acceptors (Lipinski definition) is 3. The number of esters is 1. The first-order chi connectivity index (χ1) is 6.61. The van der Waals surface area contributed by atoms with E-state index in [1.54, 1.807) is 13.0 Å². The lowest BCUT2D eigenvalue weighted by Crippen LogP contribution is -2.18. The second-order valence-electron chi connectivity index (χ2n) is 2.91. The van der Waals surface area contributed by atoms with Gasteiger partial charge in [0.2, 0.25) is 0 Å². The molecule has 0 aliphatic heterocycles. The van der Waals surface area contributed by atoms with Gasteiger partial charge in [-0.3, -0.25) is 0 Å². The minimum Gasteiger partial charge on any atom is -0.463 e. The summed E-state index contributed by atoms with van der Waals surface area (Å²) in [6, 6.07) is 0. The van der Waals surface area contributed by atoms with E-state index >= 15 is 0 Å². The monoisotopic (exact) mass is 264 g/mol. The fourth-order valence-corrected chi connectivity index (χ4v) is 1.36. The van der Waals surface area contributed by atoms with Crippen LogP contribution in [0.2, 0.25) is 0 Å². The lowest BCUT2D eigenvalue weighted by atomic mass is 10.1. The van der Waals surface area contributed by atoms with E-state index in [0.29, 0.717) is 13.0 Å². The smallest absolute Gasteiger partial charge is 0.330 e. The average molecular weight is 265 g/mol. The molecule has 0 heterocycles. The van der Waals surface area contributed by atoms with E-state index in [2.05, 4.69) is 15.9 Å². The topological polar surface area (TPSA) is 46.5 Å². The standard InChI is InChI=1S/C10H17BrO3/c1-3-5-9(12)8(11)6-7-10(13)14-4-2/h6-9,12H,3-5H2,1-2H3/b7-6+/t8-,9+/m0/s1. The van der Waals surface area contributed by atoms with Crippen LogP contribution in [0.5, 0.6) is 0 Å². The van der Waals surface area contributed by atoms with Crippen molar-refractivity contribution >= 4 is 21.9 Å². The molecule has 0 rings (SSSR count). The zero-order chi connectivity index (χ0) is 11.0. The van der Waals surface area contributed by atoms with Crippen molar-refractivity contribution in [3.8, 4) is 0 Å². The maximum atomic E-state index is 10.9. The summed E-state index contributed by atoms with van der Waals surface area (Å²) in [4.78, 5) is 10.7. The van der Waals surface area contributed by atoms with Gasteiger partial charge in [0, 0.05) is 6.08 Å². The van der Waals surface area contributed by atoms with Crippen molar-refractivity contribution in [3.63, 3.8) is 0 Å². The van der Waals surface area contributed by atoms with E-state index in [-0.39, 0.29) is 10.8 Å². The van der Waals surface area contributed by atoms with Gasteiger partial charge in [0.15, 0.2) is 0 Å². The van der Waals surface area contributed by atoms with Crippen LogP contribution in [0.25, 0.3) is 0 Å². The highest BCUT2D eigenvalue weighted by atomic mass is 79.9. The zero-order valence-corrected chi connectivity index (χ0v) is 10.2. The van der Waals surface area contributed by atoms with Gasteiger partial charge in [-0.15, -0.1) is 0 Å². The Bertz CT molecular complexity index is 192. The summed E-state index contributed by atoms with van der Waals surface area (Å²) in [5.74, 6) is -0.374. The highest BCUT2D eigenvalue weighted by Gasteiger charge is 2.11. The first-order valence-electron chi connectivity index (χ1n) is 4.78. The van der Waals surface area contributed by atoms with Gasteiger partial charge in [0.1, 0.15) is 0 Å². The number of alkyl halides is 1. The number of carbonyl (C=O) groups is 1. The molecule has 0 amide bonds. The van der Waals surface area contributed by atoms with Crippen LogP contribution < -0.4 is 0 Å². The summed E-state index contributed by atoms with van der Waals surface area (Å²) in [5.41, 5.74) is 0. The Morgan fingerprint density at radius 1 is 1.57 bits per heavy atom. The Balaban J connectivity index is 3.90. The largest absolute Gasteiger partial charge is 0.463 e. The normalized spacial score (nSPS) is 15.4. The molecule has 0 aromatic heterocycles. The maximum absolute atomic E-state index is 10.9. The summed E-state index contributed by atoms with van der Waals surface area (Å²) < 4.78 is 4.70. The summed E-state index contributed by atoms with van der Waals surface area (Å²) in [5, 5.41) is 9.51. The summed E-state index contributed by atoms with van der Waals surface area (Å²) in [6.45, 7) is 4.12. The predicted molar refractivity (Wildman–Crippen MR) is 59.4 cm³/mol. The third-order valence-electron chi connectivity index (χ3n) is 1.65. The van der Waals surface area contributed by atoms with E-state index in [1.807, 2.05) is 6.92 Å². The van der Waals surface area contributed by atoms with Crippen molar-refractivity contribution < 1.29 is 14.6 Å². The van der Waals surface area contributed by atoms with Crippen LogP contribution >= 0.6 is 15.9 Å². The predicted octanol–water partition coefficient (Wildman–Crippen LogP) is 2.03. The minimum absolute atomic E-state index is 0.188. The van der Waals surface area contributed by atoms with Crippen LogP contribution in [-0.2, 0) is 9.53 Å². The molecule has 0 aromatic rings. The highest BCUT2D eigenvalue weighted by Crippen LogP contribution is 2.12. The third-order valence-corrected chi connectivity index (χ3v) is 2.57. The van der Waals surface area contributed by atoms with Gasteiger partial charge in [-0.2, -0.15) is 0 Å². The first-order valence-corrected chi connectivity index (χ1v) is 5.70. The molecule has 0 aromatic carbocycles. The molecule has 0 aliphatic rings. The highest BCUT2D eigenvalue weighted by molar-refractivity contribution is 9.09. The summed E-state index contributed by atoms with van der Waals surface area (Å²) in [7, 11) is 0. The van der Waals surface area contributed by atoms with E-state index < -0.39 is 6.10 Å². The molecule has 3 nitrogen and oxygen atoms in total. The molecular formula is C10H17BrO3. The number of carbonyl (C=O) groups excluding carboxylic acids is 1. The summed E-state index contributed by atoms with van der Waals surface area (Å²) >= 11 is 3.28. The van der Waals surface area contributed by atoms with Gasteiger partial charge in [-0.25, -0.2) is 4.79 Å². The molecule has 2 atom stereocenters. The maximum Gasteiger partial charge on any atom is 0.330 e. The molecule has 0 radical (unpaired) electrons. The van der Waals surface area contributed by atoms with Crippen molar-refractivity contribution in [2.45, 2.75) is 37.6 Å². The first kappa shape index (κ1) is 13.7. The number of hydrogen-bond donors (Lipinski definition) is 1. The van der Waals surface area contributed by atoms with E-state index in [9.17, 15) is 9.90 Å². The van der Waals surface area contributed by atoms with E-state index in [0.717, 1.165) is 6.42 Å². The SMILES string of the molecule is CCC[C@@H](O)[C@@H](Br)/C=C/C(=O)OCC. The lowest BCUT2D eigenvalue weighted by Gasteiger charge is -2.11. The molecule has 0 fully saturated rings. The molecule has 0 saturated heterocycles.